The van der Waals surface area contributed by atoms with Gasteiger partial charge in [-0.1, -0.05) is 6.92 Å². The third-order valence-electron chi connectivity index (χ3n) is 3.75. The van der Waals surface area contributed by atoms with Crippen LogP contribution in [0.3, 0.4) is 0 Å². The van der Waals surface area contributed by atoms with Gasteiger partial charge in [-0.25, -0.2) is 8.42 Å². The van der Waals surface area contributed by atoms with E-state index in [9.17, 15) is 18.3 Å². The van der Waals surface area contributed by atoms with Gasteiger partial charge in [0.2, 0.25) is 10.0 Å². The average molecular weight is 286 g/mol. The van der Waals surface area contributed by atoms with Gasteiger partial charge in [0.25, 0.3) is 0 Å². The predicted molar refractivity (Wildman–Crippen MR) is 69.1 cm³/mol. The second kappa shape index (κ2) is 4.97. The number of aromatic nitrogens is 1. The van der Waals surface area contributed by atoms with Crippen molar-refractivity contribution in [2.45, 2.75) is 43.0 Å². The Kier molecular flexibility index (Phi) is 3.69. The van der Waals surface area contributed by atoms with Gasteiger partial charge in [0.15, 0.2) is 0 Å². The summed E-state index contributed by atoms with van der Waals surface area (Å²) in [5.41, 5.74) is -1.37. The van der Waals surface area contributed by atoms with Gasteiger partial charge in [-0.3, -0.25) is 4.79 Å². The minimum atomic E-state index is -3.80. The molecule has 6 nitrogen and oxygen atoms in total. The normalized spacial score (nSPS) is 28.2. The lowest BCUT2D eigenvalue weighted by atomic mass is 9.78. The van der Waals surface area contributed by atoms with E-state index in [2.05, 4.69) is 9.71 Å². The molecule has 0 saturated heterocycles. The molecule has 0 aromatic carbocycles. The highest BCUT2D eigenvalue weighted by molar-refractivity contribution is 7.89. The molecule has 1 aromatic rings. The number of nitrogens with one attached hydrogen (secondary N) is 2. The van der Waals surface area contributed by atoms with Crippen molar-refractivity contribution in [3.63, 3.8) is 0 Å². The Morgan fingerprint density at radius 3 is 2.58 bits per heavy atom. The molecule has 1 aromatic heterocycles. The SMILES string of the molecule is CC1CCC(NS(=O)(=O)c2cc[nH]c2)(C(=O)O)CC1. The van der Waals surface area contributed by atoms with Crippen molar-refractivity contribution in [1.82, 2.24) is 9.71 Å². The standard InChI is InChI=1S/C12H18N2O4S/c1-9-2-5-12(6-3-9,11(15)16)14-19(17,18)10-4-7-13-8-10/h4,7-9,13-14H,2-3,5-6H2,1H3,(H,15,16). The largest absolute Gasteiger partial charge is 0.480 e. The van der Waals surface area contributed by atoms with Crippen LogP contribution in [0.2, 0.25) is 0 Å². The fourth-order valence-corrected chi connectivity index (χ4v) is 3.80. The minimum absolute atomic E-state index is 0.0618. The molecule has 1 aliphatic carbocycles. The number of carboxylic acids is 1. The maximum atomic E-state index is 12.2. The smallest absolute Gasteiger partial charge is 0.324 e. The van der Waals surface area contributed by atoms with E-state index in [1.165, 1.54) is 18.5 Å². The highest BCUT2D eigenvalue weighted by Gasteiger charge is 2.44. The second-order valence-corrected chi connectivity index (χ2v) is 6.90. The molecule has 1 saturated carbocycles. The van der Waals surface area contributed by atoms with Crippen molar-refractivity contribution >= 4 is 16.0 Å². The Morgan fingerprint density at radius 1 is 1.47 bits per heavy atom. The van der Waals surface area contributed by atoms with E-state index < -0.39 is 21.5 Å². The molecule has 0 atom stereocenters. The topological polar surface area (TPSA) is 99.3 Å². The Bertz CT molecular complexity index is 542. The molecule has 0 spiro atoms. The fourth-order valence-electron chi connectivity index (χ4n) is 2.41. The second-order valence-electron chi connectivity index (χ2n) is 5.22. The Hall–Kier alpha value is -1.34. The first kappa shape index (κ1) is 14.1. The average Bonchev–Trinajstić information content (AvgIpc) is 2.86. The van der Waals surface area contributed by atoms with E-state index in [1.54, 1.807) is 0 Å². The lowest BCUT2D eigenvalue weighted by molar-refractivity contribution is -0.145. The van der Waals surface area contributed by atoms with Gasteiger partial charge in [0.1, 0.15) is 5.54 Å². The zero-order chi connectivity index (χ0) is 14.1. The number of aliphatic carboxylic acids is 1. The highest BCUT2D eigenvalue weighted by atomic mass is 32.2. The summed E-state index contributed by atoms with van der Waals surface area (Å²) in [5.74, 6) is -0.664. The van der Waals surface area contributed by atoms with Crippen LogP contribution >= 0.6 is 0 Å². The van der Waals surface area contributed by atoms with Crippen LogP contribution in [0, 0.1) is 5.92 Å². The number of carboxylic acid groups (broad SMARTS) is 1. The number of hydrogen-bond acceptors (Lipinski definition) is 3. The number of sulfonamides is 1. The third kappa shape index (κ3) is 2.82. The van der Waals surface area contributed by atoms with E-state index >= 15 is 0 Å². The quantitative estimate of drug-likeness (QED) is 0.777. The number of hydrogen-bond donors (Lipinski definition) is 3. The summed E-state index contributed by atoms with van der Waals surface area (Å²) < 4.78 is 26.7. The van der Waals surface area contributed by atoms with Crippen LogP contribution < -0.4 is 4.72 Å². The molecule has 0 unspecified atom stereocenters. The van der Waals surface area contributed by atoms with Crippen molar-refractivity contribution in [3.05, 3.63) is 18.5 Å². The first-order chi connectivity index (χ1) is 8.86. The molecule has 0 bridgehead atoms. The predicted octanol–water partition coefficient (Wildman–Crippen LogP) is 1.33. The number of H-pyrrole nitrogens is 1. The summed E-state index contributed by atoms with van der Waals surface area (Å²) in [5, 5.41) is 9.40. The summed E-state index contributed by atoms with van der Waals surface area (Å²) in [4.78, 5) is 14.2. The molecule has 1 fully saturated rings. The number of rotatable bonds is 4. The van der Waals surface area contributed by atoms with Crippen molar-refractivity contribution in [1.29, 1.82) is 0 Å². The van der Waals surface area contributed by atoms with E-state index in [0.717, 1.165) is 0 Å². The van der Waals surface area contributed by atoms with Crippen molar-refractivity contribution in [2.75, 3.05) is 0 Å². The monoisotopic (exact) mass is 286 g/mol. The Morgan fingerprint density at radius 2 is 2.11 bits per heavy atom. The lowest BCUT2D eigenvalue weighted by Crippen LogP contribution is -2.56. The van der Waals surface area contributed by atoms with E-state index in [-0.39, 0.29) is 4.90 Å². The molecule has 2 rings (SSSR count). The molecule has 19 heavy (non-hydrogen) atoms. The summed E-state index contributed by atoms with van der Waals surface area (Å²) >= 11 is 0. The van der Waals surface area contributed by atoms with Gasteiger partial charge in [-0.2, -0.15) is 4.72 Å². The van der Waals surface area contributed by atoms with Crippen LogP contribution in [0.25, 0.3) is 0 Å². The molecule has 0 amide bonds. The van der Waals surface area contributed by atoms with Crippen molar-refractivity contribution in [2.24, 2.45) is 5.92 Å². The summed E-state index contributed by atoms with van der Waals surface area (Å²) in [6, 6.07) is 1.41. The van der Waals surface area contributed by atoms with E-state index in [4.69, 9.17) is 0 Å². The van der Waals surface area contributed by atoms with Crippen LogP contribution in [0.4, 0.5) is 0 Å². The third-order valence-corrected chi connectivity index (χ3v) is 5.28. The van der Waals surface area contributed by atoms with E-state index in [1.807, 2.05) is 6.92 Å². The van der Waals surface area contributed by atoms with Crippen LogP contribution in [0.15, 0.2) is 23.4 Å². The first-order valence-electron chi connectivity index (χ1n) is 6.26. The minimum Gasteiger partial charge on any atom is -0.480 e. The maximum absolute atomic E-state index is 12.2. The molecule has 0 aliphatic heterocycles. The molecule has 106 valence electrons. The zero-order valence-corrected chi connectivity index (χ0v) is 11.5. The van der Waals surface area contributed by atoms with Crippen LogP contribution in [-0.4, -0.2) is 30.0 Å². The first-order valence-corrected chi connectivity index (χ1v) is 7.74. The highest BCUT2D eigenvalue weighted by Crippen LogP contribution is 2.33. The van der Waals surface area contributed by atoms with E-state index in [0.29, 0.717) is 31.6 Å². The molecule has 1 heterocycles. The molecular weight excluding hydrogens is 268 g/mol. The van der Waals surface area contributed by atoms with Crippen molar-refractivity contribution < 1.29 is 18.3 Å². The van der Waals surface area contributed by atoms with Gasteiger partial charge >= 0.3 is 5.97 Å². The van der Waals surface area contributed by atoms with Gasteiger partial charge in [-0.15, -0.1) is 0 Å². The van der Waals surface area contributed by atoms with Gasteiger partial charge in [0, 0.05) is 12.4 Å². The van der Waals surface area contributed by atoms with Crippen LogP contribution in [-0.2, 0) is 14.8 Å². The van der Waals surface area contributed by atoms with Crippen molar-refractivity contribution in [3.8, 4) is 0 Å². The van der Waals surface area contributed by atoms with Gasteiger partial charge in [-0.05, 0) is 37.7 Å². The molecule has 0 radical (unpaired) electrons. The molecule has 1 aliphatic rings. The molecule has 7 heteroatoms. The summed E-state index contributed by atoms with van der Waals surface area (Å²) in [7, 11) is -3.80. The van der Waals surface area contributed by atoms with Gasteiger partial charge in [0.05, 0.1) is 4.90 Å². The van der Waals surface area contributed by atoms with Crippen LogP contribution in [0.5, 0.6) is 0 Å². The Labute approximate surface area is 112 Å². The molecular formula is C12H18N2O4S. The number of carbonyl (C=O) groups is 1. The lowest BCUT2D eigenvalue weighted by Gasteiger charge is -2.35. The maximum Gasteiger partial charge on any atom is 0.324 e. The summed E-state index contributed by atoms with van der Waals surface area (Å²) in [6.07, 6.45) is 4.90. The molecule has 3 N–H and O–H groups in total. The number of aromatic amines is 1. The Balaban J connectivity index is 2.25. The van der Waals surface area contributed by atoms with Crippen LogP contribution in [0.1, 0.15) is 32.6 Å². The van der Waals surface area contributed by atoms with Gasteiger partial charge < -0.3 is 10.1 Å². The zero-order valence-electron chi connectivity index (χ0n) is 10.7. The summed E-state index contributed by atoms with van der Waals surface area (Å²) in [6.45, 7) is 2.05. The fraction of sp³-hybridized carbons (Fsp3) is 0.583.